The second kappa shape index (κ2) is 6.19. The normalized spacial score (nSPS) is 15.7. The molecule has 1 aliphatic rings. The summed E-state index contributed by atoms with van der Waals surface area (Å²) in [4.78, 5) is 22.3. The second-order valence-corrected chi connectivity index (χ2v) is 5.16. The third kappa shape index (κ3) is 3.46. The molecule has 0 spiro atoms. The minimum Gasteiger partial charge on any atom is -0.350 e. The van der Waals surface area contributed by atoms with Gasteiger partial charge in [0, 0.05) is 29.3 Å². The highest BCUT2D eigenvalue weighted by atomic mass is 35.5. The lowest BCUT2D eigenvalue weighted by atomic mass is 9.78. The average Bonchev–Trinajstić information content (AvgIpc) is 2.33. The summed E-state index contributed by atoms with van der Waals surface area (Å²) < 4.78 is 0. The van der Waals surface area contributed by atoms with Gasteiger partial charge in [-0.1, -0.05) is 6.07 Å². The number of rotatable bonds is 4. The number of carbonyl (C=O) groups excluding carboxylic acids is 1. The van der Waals surface area contributed by atoms with E-state index in [4.69, 9.17) is 5.73 Å². The number of nitro benzene ring substituents is 1. The zero-order valence-corrected chi connectivity index (χ0v) is 12.0. The van der Waals surface area contributed by atoms with E-state index in [0.29, 0.717) is 17.7 Å². The van der Waals surface area contributed by atoms with Crippen LogP contribution in [0.4, 0.5) is 5.69 Å². The number of nitro groups is 1. The summed E-state index contributed by atoms with van der Waals surface area (Å²) in [5.41, 5.74) is 6.50. The molecular formula is C13H18ClN3O3. The Balaban J connectivity index is 0.00000200. The highest BCUT2D eigenvalue weighted by molar-refractivity contribution is 5.95. The lowest BCUT2D eigenvalue weighted by Gasteiger charge is -2.38. The van der Waals surface area contributed by atoms with E-state index < -0.39 is 4.92 Å². The van der Waals surface area contributed by atoms with E-state index >= 15 is 0 Å². The quantitative estimate of drug-likeness (QED) is 0.655. The third-order valence-electron chi connectivity index (χ3n) is 3.62. The fraction of sp³-hybridized carbons (Fsp3) is 0.462. The number of nitrogens with two attached hydrogens (primary N) is 1. The van der Waals surface area contributed by atoms with E-state index in [1.165, 1.54) is 6.07 Å². The summed E-state index contributed by atoms with van der Waals surface area (Å²) in [6, 6.07) is 4.46. The molecule has 0 atom stereocenters. The molecule has 1 aliphatic carbocycles. The van der Waals surface area contributed by atoms with Crippen LogP contribution >= 0.6 is 12.4 Å². The van der Waals surface area contributed by atoms with Crippen LogP contribution < -0.4 is 11.1 Å². The molecule has 0 aliphatic heterocycles. The monoisotopic (exact) mass is 299 g/mol. The summed E-state index contributed by atoms with van der Waals surface area (Å²) in [6.45, 7) is 2.05. The van der Waals surface area contributed by atoms with E-state index in [0.717, 1.165) is 19.3 Å². The molecule has 1 saturated carbocycles. The summed E-state index contributed by atoms with van der Waals surface area (Å²) in [6.07, 6.45) is 2.89. The van der Waals surface area contributed by atoms with Gasteiger partial charge >= 0.3 is 0 Å². The van der Waals surface area contributed by atoms with E-state index in [9.17, 15) is 14.9 Å². The minimum atomic E-state index is -0.484. The van der Waals surface area contributed by atoms with Crippen molar-refractivity contribution in [2.75, 3.05) is 6.54 Å². The summed E-state index contributed by atoms with van der Waals surface area (Å²) in [5, 5.41) is 13.6. The molecule has 0 heterocycles. The number of benzene rings is 1. The van der Waals surface area contributed by atoms with Crippen molar-refractivity contribution in [1.82, 2.24) is 5.32 Å². The van der Waals surface area contributed by atoms with Gasteiger partial charge in [-0.15, -0.1) is 12.4 Å². The molecule has 1 aromatic rings. The molecule has 1 aromatic carbocycles. The van der Waals surface area contributed by atoms with Crippen LogP contribution in [0.5, 0.6) is 0 Å². The number of hydrogen-bond donors (Lipinski definition) is 2. The molecule has 0 aromatic heterocycles. The lowest BCUT2D eigenvalue weighted by Crippen LogP contribution is -2.54. The SMILES string of the molecule is Cc1ccc(C(=O)NCC2(N)CCC2)cc1[N+](=O)[O-].Cl. The number of hydrogen-bond acceptors (Lipinski definition) is 4. The predicted molar refractivity (Wildman–Crippen MR) is 78.2 cm³/mol. The molecule has 20 heavy (non-hydrogen) atoms. The van der Waals surface area contributed by atoms with E-state index in [1.54, 1.807) is 19.1 Å². The number of aryl methyl sites for hydroxylation is 1. The van der Waals surface area contributed by atoms with E-state index in [2.05, 4.69) is 5.32 Å². The van der Waals surface area contributed by atoms with Gasteiger partial charge in [-0.05, 0) is 32.3 Å². The molecule has 110 valence electrons. The number of amides is 1. The Morgan fingerprint density at radius 2 is 2.15 bits per heavy atom. The maximum Gasteiger partial charge on any atom is 0.273 e. The average molecular weight is 300 g/mol. The maximum absolute atomic E-state index is 11.9. The van der Waals surface area contributed by atoms with Gasteiger partial charge in [0.25, 0.3) is 11.6 Å². The topological polar surface area (TPSA) is 98.3 Å². The van der Waals surface area contributed by atoms with Gasteiger partial charge in [-0.2, -0.15) is 0 Å². The Morgan fingerprint density at radius 3 is 2.65 bits per heavy atom. The van der Waals surface area contributed by atoms with Crippen molar-refractivity contribution in [3.05, 3.63) is 39.4 Å². The third-order valence-corrected chi connectivity index (χ3v) is 3.62. The van der Waals surface area contributed by atoms with Crippen LogP contribution in [0.1, 0.15) is 35.2 Å². The predicted octanol–water partition coefficient (Wildman–Crippen LogP) is 1.94. The molecule has 0 bridgehead atoms. The van der Waals surface area contributed by atoms with E-state index in [1.807, 2.05) is 0 Å². The van der Waals surface area contributed by atoms with Crippen molar-refractivity contribution in [2.24, 2.45) is 5.73 Å². The Bertz CT molecular complexity index is 530. The number of halogens is 1. The first kappa shape index (κ1) is 16.4. The Kier molecular flexibility index (Phi) is 5.08. The van der Waals surface area contributed by atoms with Crippen LogP contribution in [-0.4, -0.2) is 22.9 Å². The zero-order chi connectivity index (χ0) is 14.0. The Hall–Kier alpha value is -1.66. The summed E-state index contributed by atoms with van der Waals surface area (Å²) in [5.74, 6) is -0.320. The van der Waals surface area contributed by atoms with Gasteiger partial charge in [0.15, 0.2) is 0 Å². The van der Waals surface area contributed by atoms with Crippen LogP contribution in [-0.2, 0) is 0 Å². The van der Waals surface area contributed by atoms with Crippen molar-refractivity contribution in [1.29, 1.82) is 0 Å². The molecule has 0 unspecified atom stereocenters. The first-order valence-electron chi connectivity index (χ1n) is 6.23. The van der Waals surface area contributed by atoms with Crippen LogP contribution in [0.2, 0.25) is 0 Å². The molecular weight excluding hydrogens is 282 g/mol. The van der Waals surface area contributed by atoms with Crippen molar-refractivity contribution in [2.45, 2.75) is 31.7 Å². The number of nitrogens with one attached hydrogen (secondary N) is 1. The molecule has 7 heteroatoms. The molecule has 6 nitrogen and oxygen atoms in total. The van der Waals surface area contributed by atoms with Crippen LogP contribution in [0.25, 0.3) is 0 Å². The van der Waals surface area contributed by atoms with Crippen LogP contribution in [0, 0.1) is 17.0 Å². The van der Waals surface area contributed by atoms with Gasteiger partial charge in [0.05, 0.1) is 4.92 Å². The van der Waals surface area contributed by atoms with Gasteiger partial charge in [0.1, 0.15) is 0 Å². The molecule has 0 saturated heterocycles. The molecule has 0 radical (unpaired) electrons. The molecule has 1 fully saturated rings. The largest absolute Gasteiger partial charge is 0.350 e. The summed E-state index contributed by atoms with van der Waals surface area (Å²) >= 11 is 0. The minimum absolute atomic E-state index is 0. The van der Waals surface area contributed by atoms with Crippen molar-refractivity contribution in [3.63, 3.8) is 0 Å². The molecule has 1 amide bonds. The van der Waals surface area contributed by atoms with Crippen LogP contribution in [0.15, 0.2) is 18.2 Å². The summed E-state index contributed by atoms with van der Waals surface area (Å²) in [7, 11) is 0. The first-order chi connectivity index (χ1) is 8.91. The lowest BCUT2D eigenvalue weighted by molar-refractivity contribution is -0.385. The van der Waals surface area contributed by atoms with Crippen LogP contribution in [0.3, 0.4) is 0 Å². The number of nitrogens with zero attached hydrogens (tertiary/aromatic N) is 1. The highest BCUT2D eigenvalue weighted by Crippen LogP contribution is 2.28. The van der Waals surface area contributed by atoms with Crippen molar-refractivity contribution >= 4 is 24.0 Å². The van der Waals surface area contributed by atoms with Gasteiger partial charge in [0.2, 0.25) is 0 Å². The molecule has 2 rings (SSSR count). The fourth-order valence-corrected chi connectivity index (χ4v) is 2.11. The first-order valence-corrected chi connectivity index (χ1v) is 6.23. The van der Waals surface area contributed by atoms with Crippen molar-refractivity contribution < 1.29 is 9.72 Å². The highest BCUT2D eigenvalue weighted by Gasteiger charge is 2.32. The standard InChI is InChI=1S/C13H17N3O3.ClH/c1-9-3-4-10(7-11(9)16(18)19)12(17)15-8-13(14)5-2-6-13;/h3-4,7H,2,5-6,8,14H2,1H3,(H,15,17);1H. The van der Waals surface area contributed by atoms with Gasteiger partial charge in [-0.25, -0.2) is 0 Å². The van der Waals surface area contributed by atoms with Gasteiger partial charge < -0.3 is 11.1 Å². The second-order valence-electron chi connectivity index (χ2n) is 5.16. The Morgan fingerprint density at radius 1 is 1.50 bits per heavy atom. The van der Waals surface area contributed by atoms with Gasteiger partial charge in [-0.3, -0.25) is 14.9 Å². The smallest absolute Gasteiger partial charge is 0.273 e. The Labute approximate surface area is 123 Å². The molecule has 3 N–H and O–H groups in total. The zero-order valence-electron chi connectivity index (χ0n) is 11.2. The van der Waals surface area contributed by atoms with E-state index in [-0.39, 0.29) is 29.5 Å². The fourth-order valence-electron chi connectivity index (χ4n) is 2.11. The van der Waals surface area contributed by atoms with Crippen molar-refractivity contribution in [3.8, 4) is 0 Å². The number of carbonyl (C=O) groups is 1. The maximum atomic E-state index is 11.9.